The minimum atomic E-state index is -4.54. The maximum Gasteiger partial charge on any atom is 0.417 e. The molecule has 0 atom stereocenters. The van der Waals surface area contributed by atoms with E-state index in [-0.39, 0.29) is 16.8 Å². The number of halogens is 3. The van der Waals surface area contributed by atoms with Crippen LogP contribution in [0.1, 0.15) is 21.5 Å². The number of rotatable bonds is 2. The first-order valence-electron chi connectivity index (χ1n) is 6.63. The molecule has 3 aromatic rings. The first-order chi connectivity index (χ1) is 11.0. The first kappa shape index (κ1) is 14.9. The summed E-state index contributed by atoms with van der Waals surface area (Å²) in [4.78, 5) is 14.3. The topological polar surface area (TPSA) is 56.6 Å². The van der Waals surface area contributed by atoms with Crippen LogP contribution in [0, 0.1) is 11.3 Å². The molecule has 114 valence electrons. The van der Waals surface area contributed by atoms with Crippen molar-refractivity contribution < 1.29 is 18.0 Å². The van der Waals surface area contributed by atoms with E-state index in [1.54, 1.807) is 6.07 Å². The van der Waals surface area contributed by atoms with Crippen LogP contribution in [-0.2, 0) is 6.18 Å². The molecule has 0 fully saturated rings. The smallest absolute Gasteiger partial charge is 0.354 e. The number of hydrogen-bond acceptors (Lipinski definition) is 2. The second-order valence-corrected chi connectivity index (χ2v) is 4.95. The summed E-state index contributed by atoms with van der Waals surface area (Å²) in [5.74, 6) is 0. The lowest BCUT2D eigenvalue weighted by Gasteiger charge is -2.12. The summed E-state index contributed by atoms with van der Waals surface area (Å²) >= 11 is 0. The molecule has 23 heavy (non-hydrogen) atoms. The number of nitrogens with one attached hydrogen (secondary N) is 1. The lowest BCUT2D eigenvalue weighted by atomic mass is 10.00. The van der Waals surface area contributed by atoms with E-state index in [1.807, 2.05) is 6.07 Å². The van der Waals surface area contributed by atoms with Crippen LogP contribution in [0.5, 0.6) is 0 Å². The highest BCUT2D eigenvalue weighted by Gasteiger charge is 2.34. The van der Waals surface area contributed by atoms with Gasteiger partial charge in [0.25, 0.3) is 0 Å². The predicted octanol–water partition coefficient (Wildman–Crippen LogP) is 4.54. The molecule has 1 N–H and O–H groups in total. The molecule has 0 spiro atoms. The van der Waals surface area contributed by atoms with E-state index in [1.165, 1.54) is 30.3 Å². The number of carbonyl (C=O) groups is 1. The molecule has 1 aromatic heterocycles. The summed E-state index contributed by atoms with van der Waals surface area (Å²) < 4.78 is 39.6. The molecule has 0 saturated heterocycles. The zero-order valence-corrected chi connectivity index (χ0v) is 11.6. The molecule has 0 bridgehead atoms. The van der Waals surface area contributed by atoms with Crippen molar-refractivity contribution in [2.75, 3.05) is 0 Å². The normalized spacial score (nSPS) is 11.4. The molecule has 3 rings (SSSR count). The third-order valence-electron chi connectivity index (χ3n) is 3.59. The Morgan fingerprint density at radius 1 is 1.13 bits per heavy atom. The van der Waals surface area contributed by atoms with Crippen LogP contribution in [0.3, 0.4) is 0 Å². The highest BCUT2D eigenvalue weighted by atomic mass is 19.4. The maximum atomic E-state index is 13.2. The van der Waals surface area contributed by atoms with E-state index in [4.69, 9.17) is 5.26 Å². The summed E-state index contributed by atoms with van der Waals surface area (Å²) in [7, 11) is 0. The van der Waals surface area contributed by atoms with Crippen LogP contribution >= 0.6 is 0 Å². The fraction of sp³-hybridized carbons (Fsp3) is 0.0588. The number of benzene rings is 2. The summed E-state index contributed by atoms with van der Waals surface area (Å²) in [5.41, 5.74) is 0.104. The number of alkyl halides is 3. The van der Waals surface area contributed by atoms with Crippen molar-refractivity contribution in [1.82, 2.24) is 4.98 Å². The molecule has 0 saturated carbocycles. The largest absolute Gasteiger partial charge is 0.417 e. The maximum absolute atomic E-state index is 13.2. The number of fused-ring (bicyclic) bond motifs is 1. The predicted molar refractivity (Wildman–Crippen MR) is 78.8 cm³/mol. The SMILES string of the molecule is N#Cc1ccc2[nH]c(-c3ccccc3C(F)(F)F)c(C=O)c2c1. The number of aromatic nitrogens is 1. The van der Waals surface area contributed by atoms with Crippen molar-refractivity contribution >= 4 is 17.2 Å². The van der Waals surface area contributed by atoms with Gasteiger partial charge in [-0.15, -0.1) is 0 Å². The Labute approximate surface area is 129 Å². The van der Waals surface area contributed by atoms with E-state index in [9.17, 15) is 18.0 Å². The average Bonchev–Trinajstić information content (AvgIpc) is 2.91. The second kappa shape index (κ2) is 5.29. The molecule has 0 aliphatic carbocycles. The molecule has 6 heteroatoms. The van der Waals surface area contributed by atoms with Crippen LogP contribution < -0.4 is 0 Å². The van der Waals surface area contributed by atoms with Crippen molar-refractivity contribution in [2.24, 2.45) is 0 Å². The van der Waals surface area contributed by atoms with Crippen LogP contribution in [-0.4, -0.2) is 11.3 Å². The number of nitrogens with zero attached hydrogens (tertiary/aromatic N) is 1. The molecule has 0 unspecified atom stereocenters. The van der Waals surface area contributed by atoms with E-state index in [0.29, 0.717) is 22.8 Å². The van der Waals surface area contributed by atoms with Crippen molar-refractivity contribution in [3.05, 3.63) is 59.2 Å². The van der Waals surface area contributed by atoms with Crippen LogP contribution in [0.15, 0.2) is 42.5 Å². The standard InChI is InChI=1S/C17H9F3N2O/c18-17(19,20)14-4-2-1-3-11(14)16-13(9-23)12-7-10(8-21)5-6-15(12)22-16/h1-7,9,22H. The lowest BCUT2D eigenvalue weighted by molar-refractivity contribution is -0.137. The third-order valence-corrected chi connectivity index (χ3v) is 3.59. The van der Waals surface area contributed by atoms with Crippen molar-refractivity contribution in [2.45, 2.75) is 6.18 Å². The van der Waals surface area contributed by atoms with Crippen LogP contribution in [0.2, 0.25) is 0 Å². The molecule has 3 nitrogen and oxygen atoms in total. The number of nitriles is 1. The summed E-state index contributed by atoms with van der Waals surface area (Å²) in [6.07, 6.45) is -4.03. The van der Waals surface area contributed by atoms with E-state index < -0.39 is 11.7 Å². The van der Waals surface area contributed by atoms with Gasteiger partial charge in [-0.3, -0.25) is 4.79 Å². The van der Waals surface area contributed by atoms with Gasteiger partial charge in [0.2, 0.25) is 0 Å². The van der Waals surface area contributed by atoms with E-state index in [0.717, 1.165) is 6.07 Å². The molecule has 0 aliphatic rings. The average molecular weight is 314 g/mol. The first-order valence-corrected chi connectivity index (χ1v) is 6.63. The fourth-order valence-electron chi connectivity index (χ4n) is 2.57. The van der Waals surface area contributed by atoms with Gasteiger partial charge < -0.3 is 4.98 Å². The van der Waals surface area contributed by atoms with Gasteiger partial charge in [0.1, 0.15) is 0 Å². The zero-order valence-electron chi connectivity index (χ0n) is 11.6. The Kier molecular flexibility index (Phi) is 3.41. The quantitative estimate of drug-likeness (QED) is 0.706. The molecule has 0 aliphatic heterocycles. The Morgan fingerprint density at radius 3 is 2.52 bits per heavy atom. The highest BCUT2D eigenvalue weighted by molar-refractivity contribution is 6.05. The third kappa shape index (κ3) is 2.46. The van der Waals surface area contributed by atoms with Gasteiger partial charge in [-0.05, 0) is 24.3 Å². The molecule has 2 aromatic carbocycles. The summed E-state index contributed by atoms with van der Waals surface area (Å²) in [5, 5.41) is 9.36. The Morgan fingerprint density at radius 2 is 1.87 bits per heavy atom. The molecule has 0 amide bonds. The number of carbonyl (C=O) groups excluding carboxylic acids is 1. The monoisotopic (exact) mass is 314 g/mol. The van der Waals surface area contributed by atoms with E-state index >= 15 is 0 Å². The van der Waals surface area contributed by atoms with Crippen molar-refractivity contribution in [3.8, 4) is 17.3 Å². The summed E-state index contributed by atoms with van der Waals surface area (Å²) in [6.45, 7) is 0. The Balaban J connectivity index is 2.34. The zero-order chi connectivity index (χ0) is 16.6. The minimum absolute atomic E-state index is 0.0954. The Bertz CT molecular complexity index is 949. The second-order valence-electron chi connectivity index (χ2n) is 4.95. The van der Waals surface area contributed by atoms with Gasteiger partial charge in [-0.2, -0.15) is 18.4 Å². The van der Waals surface area contributed by atoms with E-state index in [2.05, 4.69) is 4.98 Å². The van der Waals surface area contributed by atoms with Gasteiger partial charge in [-0.1, -0.05) is 18.2 Å². The van der Waals surface area contributed by atoms with Gasteiger partial charge in [0.15, 0.2) is 6.29 Å². The fourth-order valence-corrected chi connectivity index (χ4v) is 2.57. The summed E-state index contributed by atoms with van der Waals surface area (Å²) in [6, 6.07) is 11.6. The minimum Gasteiger partial charge on any atom is -0.354 e. The van der Waals surface area contributed by atoms with Gasteiger partial charge in [0, 0.05) is 22.0 Å². The molecular formula is C17H9F3N2O. The number of aromatic amines is 1. The lowest BCUT2D eigenvalue weighted by Crippen LogP contribution is -2.07. The van der Waals surface area contributed by atoms with Gasteiger partial charge in [-0.25, -0.2) is 0 Å². The molecule has 0 radical (unpaired) electrons. The van der Waals surface area contributed by atoms with Crippen LogP contribution in [0.4, 0.5) is 13.2 Å². The van der Waals surface area contributed by atoms with Crippen molar-refractivity contribution in [3.63, 3.8) is 0 Å². The van der Waals surface area contributed by atoms with Gasteiger partial charge in [0.05, 0.1) is 22.9 Å². The van der Waals surface area contributed by atoms with Crippen molar-refractivity contribution in [1.29, 1.82) is 5.26 Å². The number of aldehydes is 1. The molecule has 1 heterocycles. The molecular weight excluding hydrogens is 305 g/mol. The van der Waals surface area contributed by atoms with Crippen LogP contribution in [0.25, 0.3) is 22.2 Å². The highest BCUT2D eigenvalue weighted by Crippen LogP contribution is 2.39. The Hall–Kier alpha value is -3.07. The van der Waals surface area contributed by atoms with Gasteiger partial charge >= 0.3 is 6.18 Å². The number of hydrogen-bond donors (Lipinski definition) is 1. The number of H-pyrrole nitrogens is 1.